The van der Waals surface area contributed by atoms with E-state index in [2.05, 4.69) is 10.3 Å². The summed E-state index contributed by atoms with van der Waals surface area (Å²) < 4.78 is 48.4. The number of carbonyl (C=O) groups excluding carboxylic acids is 5. The third-order valence-electron chi connectivity index (χ3n) is 5.81. The fourth-order valence-electron chi connectivity index (χ4n) is 4.07. The first kappa shape index (κ1) is 35.4. The Kier molecular flexibility index (Phi) is 12.4. The molecule has 0 saturated carbocycles. The fraction of sp³-hybridized carbons (Fsp3) is 0.429. The van der Waals surface area contributed by atoms with Gasteiger partial charge in [0.25, 0.3) is 5.91 Å². The van der Waals surface area contributed by atoms with Crippen LogP contribution in [0.2, 0.25) is 0 Å². The number of thiophene rings is 1. The van der Waals surface area contributed by atoms with Crippen LogP contribution >= 0.6 is 22.7 Å². The Morgan fingerprint density at radius 2 is 1.56 bits per heavy atom. The number of anilines is 1. The number of hydrogen-bond acceptors (Lipinski definition) is 13. The molecule has 2 aromatic heterocycles. The largest absolute Gasteiger partial charge is 0.494 e. The molecule has 2 amide bonds. The van der Waals surface area contributed by atoms with Gasteiger partial charge in [-0.1, -0.05) is 11.3 Å². The van der Waals surface area contributed by atoms with Crippen LogP contribution in [0.5, 0.6) is 5.75 Å². The van der Waals surface area contributed by atoms with Crippen molar-refractivity contribution in [3.8, 4) is 5.75 Å². The number of nitrogens with zero attached hydrogens (tertiary/aromatic N) is 2. The van der Waals surface area contributed by atoms with Crippen molar-refractivity contribution in [1.29, 1.82) is 0 Å². The van der Waals surface area contributed by atoms with Gasteiger partial charge in [-0.05, 0) is 58.4 Å². The molecule has 0 unspecified atom stereocenters. The Hall–Kier alpha value is -4.09. The van der Waals surface area contributed by atoms with Crippen molar-refractivity contribution in [2.24, 2.45) is 4.99 Å². The van der Waals surface area contributed by atoms with Crippen LogP contribution in [0.3, 0.4) is 0 Å². The number of ether oxygens (including phenoxy) is 4. The normalized spacial score (nSPS) is 11.7. The molecule has 2 heterocycles. The van der Waals surface area contributed by atoms with Crippen LogP contribution in [0.4, 0.5) is 5.00 Å². The van der Waals surface area contributed by atoms with Gasteiger partial charge in [0.2, 0.25) is 5.91 Å². The Morgan fingerprint density at radius 3 is 2.20 bits per heavy atom. The van der Waals surface area contributed by atoms with E-state index in [1.807, 2.05) is 6.92 Å². The van der Waals surface area contributed by atoms with Crippen LogP contribution < -0.4 is 14.9 Å². The lowest BCUT2D eigenvalue weighted by atomic mass is 10.1. The van der Waals surface area contributed by atoms with E-state index in [-0.39, 0.29) is 52.2 Å². The first-order valence-electron chi connectivity index (χ1n) is 13.8. The van der Waals surface area contributed by atoms with E-state index < -0.39 is 51.1 Å². The number of hydrogen-bond donors (Lipinski definition) is 1. The lowest BCUT2D eigenvalue weighted by molar-refractivity contribution is -0.143. The number of nitrogens with one attached hydrogen (secondary N) is 1. The molecule has 14 nitrogen and oxygen atoms in total. The van der Waals surface area contributed by atoms with Gasteiger partial charge in [-0.25, -0.2) is 18.0 Å². The number of benzene rings is 1. The second kappa shape index (κ2) is 15.8. The van der Waals surface area contributed by atoms with Crippen molar-refractivity contribution >= 4 is 77.5 Å². The third-order valence-corrected chi connectivity index (χ3v) is 9.43. The van der Waals surface area contributed by atoms with Crippen molar-refractivity contribution in [2.75, 3.05) is 43.3 Å². The van der Waals surface area contributed by atoms with Crippen molar-refractivity contribution in [1.82, 2.24) is 4.57 Å². The highest BCUT2D eigenvalue weighted by Gasteiger charge is 2.29. The molecule has 0 saturated heterocycles. The summed E-state index contributed by atoms with van der Waals surface area (Å²) in [7, 11) is -4.36. The molecule has 1 N–H and O–H groups in total. The van der Waals surface area contributed by atoms with Crippen LogP contribution in [0.1, 0.15) is 53.3 Å². The topological polar surface area (TPSA) is 186 Å². The van der Waals surface area contributed by atoms with Crippen molar-refractivity contribution in [3.05, 3.63) is 39.0 Å². The van der Waals surface area contributed by atoms with E-state index in [1.54, 1.807) is 39.0 Å². The quantitative estimate of drug-likeness (QED) is 0.195. The van der Waals surface area contributed by atoms with Gasteiger partial charge in [0.1, 0.15) is 33.7 Å². The molecule has 1 aromatic carbocycles. The Morgan fingerprint density at radius 1 is 0.889 bits per heavy atom. The van der Waals surface area contributed by atoms with E-state index in [1.165, 1.54) is 11.5 Å². The standard InChI is InChI=1S/C28H33N3O11S3/c1-6-39-17-10-11-18-19(12-17)43-28(31(18)13-22(34)40-7-2)30-21(33)15-45(37,38)14-20(32)29-25-23(26(35)41-8-3)16(5)24(44-25)27(36)42-9-4/h10-12H,6-9,13-15H2,1-5H3,(H,29,32). The first-order valence-corrected chi connectivity index (χ1v) is 17.3. The molecule has 0 fully saturated rings. The molecule has 45 heavy (non-hydrogen) atoms. The minimum atomic E-state index is -4.36. The number of aromatic nitrogens is 1. The molecular formula is C28H33N3O11S3. The summed E-state index contributed by atoms with van der Waals surface area (Å²) in [5, 5.41) is 2.25. The summed E-state index contributed by atoms with van der Waals surface area (Å²) in [5.74, 6) is -5.91. The SMILES string of the molecule is CCOC(=O)Cn1c(=NC(=O)CS(=O)(=O)CC(=O)Nc2sc(C(=O)OCC)c(C)c2C(=O)OCC)sc2cc(OCC)ccc21. The predicted octanol–water partition coefficient (Wildman–Crippen LogP) is 2.87. The lowest BCUT2D eigenvalue weighted by Gasteiger charge is -2.07. The smallest absolute Gasteiger partial charge is 0.348 e. The van der Waals surface area contributed by atoms with Crippen LogP contribution in [-0.4, -0.2) is 80.6 Å². The summed E-state index contributed by atoms with van der Waals surface area (Å²) in [6.45, 7) is 8.49. The number of thiazole rings is 1. The molecular weight excluding hydrogens is 651 g/mol. The van der Waals surface area contributed by atoms with Gasteiger partial charge in [-0.2, -0.15) is 4.99 Å². The molecule has 244 valence electrons. The van der Waals surface area contributed by atoms with Gasteiger partial charge in [0.15, 0.2) is 14.6 Å². The maximum atomic E-state index is 12.9. The minimum Gasteiger partial charge on any atom is -0.494 e. The average Bonchev–Trinajstić information content (AvgIpc) is 3.44. The third kappa shape index (κ3) is 9.21. The van der Waals surface area contributed by atoms with E-state index in [4.69, 9.17) is 18.9 Å². The van der Waals surface area contributed by atoms with E-state index >= 15 is 0 Å². The average molecular weight is 684 g/mol. The first-order chi connectivity index (χ1) is 21.3. The molecule has 3 aromatic rings. The second-order valence-electron chi connectivity index (χ2n) is 9.13. The number of amides is 2. The Balaban J connectivity index is 1.85. The van der Waals surface area contributed by atoms with Gasteiger partial charge in [0.05, 0.1) is 42.2 Å². The molecule has 0 aliphatic heterocycles. The number of carbonyl (C=O) groups is 5. The van der Waals surface area contributed by atoms with Crippen molar-refractivity contribution < 1.29 is 51.3 Å². The second-order valence-corrected chi connectivity index (χ2v) is 13.2. The Bertz CT molecular complexity index is 1790. The summed E-state index contributed by atoms with van der Waals surface area (Å²) in [6.07, 6.45) is 0. The van der Waals surface area contributed by atoms with E-state index in [0.29, 0.717) is 22.6 Å². The highest BCUT2D eigenvalue weighted by Crippen LogP contribution is 2.34. The summed E-state index contributed by atoms with van der Waals surface area (Å²) in [4.78, 5) is 66.9. The minimum absolute atomic E-state index is 0.0174. The number of sulfone groups is 1. The monoisotopic (exact) mass is 683 g/mol. The molecule has 3 rings (SSSR count). The number of rotatable bonds is 14. The highest BCUT2D eigenvalue weighted by molar-refractivity contribution is 7.92. The molecule has 0 spiro atoms. The lowest BCUT2D eigenvalue weighted by Crippen LogP contribution is -2.29. The van der Waals surface area contributed by atoms with E-state index in [0.717, 1.165) is 22.7 Å². The van der Waals surface area contributed by atoms with Gasteiger partial charge in [-0.15, -0.1) is 11.3 Å². The maximum absolute atomic E-state index is 12.9. The number of fused-ring (bicyclic) bond motifs is 1. The van der Waals surface area contributed by atoms with Crippen LogP contribution in [0.15, 0.2) is 23.2 Å². The molecule has 0 radical (unpaired) electrons. The van der Waals surface area contributed by atoms with Crippen molar-refractivity contribution in [3.63, 3.8) is 0 Å². The predicted molar refractivity (Wildman–Crippen MR) is 166 cm³/mol. The van der Waals surface area contributed by atoms with E-state index in [9.17, 15) is 32.4 Å². The summed E-state index contributed by atoms with van der Waals surface area (Å²) in [6, 6.07) is 5.08. The zero-order chi connectivity index (χ0) is 33.3. The van der Waals surface area contributed by atoms with Gasteiger partial charge >= 0.3 is 17.9 Å². The molecule has 0 aliphatic carbocycles. The van der Waals surface area contributed by atoms with Crippen LogP contribution in [-0.2, 0) is 45.0 Å². The van der Waals surface area contributed by atoms with Crippen LogP contribution in [0.25, 0.3) is 10.2 Å². The fourth-order valence-corrected chi connectivity index (χ4v) is 7.26. The molecule has 17 heteroatoms. The number of esters is 3. The highest BCUT2D eigenvalue weighted by atomic mass is 32.2. The molecule has 0 aliphatic rings. The maximum Gasteiger partial charge on any atom is 0.348 e. The van der Waals surface area contributed by atoms with Gasteiger partial charge < -0.3 is 28.8 Å². The Labute approximate surface area is 266 Å². The van der Waals surface area contributed by atoms with Gasteiger partial charge in [0, 0.05) is 0 Å². The van der Waals surface area contributed by atoms with Crippen molar-refractivity contribution in [2.45, 2.75) is 41.2 Å². The summed E-state index contributed by atoms with van der Waals surface area (Å²) >= 11 is 1.78. The zero-order valence-electron chi connectivity index (χ0n) is 25.3. The zero-order valence-corrected chi connectivity index (χ0v) is 27.7. The summed E-state index contributed by atoms with van der Waals surface area (Å²) in [5.41, 5.74) is 0.651. The molecule has 0 atom stereocenters. The van der Waals surface area contributed by atoms with Gasteiger partial charge in [-0.3, -0.25) is 14.4 Å². The van der Waals surface area contributed by atoms with Crippen LogP contribution in [0, 0.1) is 6.92 Å². The molecule has 0 bridgehead atoms.